The fraction of sp³-hybridized carbons (Fsp3) is 0.600. The van der Waals surface area contributed by atoms with Crippen molar-refractivity contribution in [3.05, 3.63) is 27.7 Å². The SMILES string of the molecule is Clc1cccc(NC2CCC23CCCCC3)c1Br. The van der Waals surface area contributed by atoms with Gasteiger partial charge in [-0.15, -0.1) is 0 Å². The Morgan fingerprint density at radius 2 is 1.94 bits per heavy atom. The third-order valence-electron chi connectivity index (χ3n) is 4.80. The van der Waals surface area contributed by atoms with E-state index in [0.29, 0.717) is 11.5 Å². The van der Waals surface area contributed by atoms with Gasteiger partial charge in [0.25, 0.3) is 0 Å². The van der Waals surface area contributed by atoms with Crippen LogP contribution in [0.2, 0.25) is 5.02 Å². The standard InChI is InChI=1S/C15H19BrClN/c16-14-11(17)5-4-6-12(14)18-13-7-10-15(13)8-2-1-3-9-15/h4-6,13,18H,1-3,7-10H2. The van der Waals surface area contributed by atoms with E-state index in [1.807, 2.05) is 12.1 Å². The highest BCUT2D eigenvalue weighted by Crippen LogP contribution is 2.53. The van der Waals surface area contributed by atoms with Crippen molar-refractivity contribution in [1.29, 1.82) is 0 Å². The summed E-state index contributed by atoms with van der Waals surface area (Å²) in [6.07, 6.45) is 9.77. The Kier molecular flexibility index (Phi) is 3.59. The molecule has 0 amide bonds. The van der Waals surface area contributed by atoms with E-state index in [2.05, 4.69) is 27.3 Å². The molecule has 1 unspecified atom stereocenters. The number of benzene rings is 1. The first kappa shape index (κ1) is 12.8. The average Bonchev–Trinajstić information content (AvgIpc) is 2.40. The molecule has 1 nitrogen and oxygen atoms in total. The Morgan fingerprint density at radius 3 is 2.61 bits per heavy atom. The minimum absolute atomic E-state index is 0.583. The Morgan fingerprint density at radius 1 is 1.17 bits per heavy atom. The normalized spacial score (nSPS) is 25.8. The molecule has 1 N–H and O–H groups in total. The van der Waals surface area contributed by atoms with Crippen LogP contribution in [0.3, 0.4) is 0 Å². The number of hydrogen-bond acceptors (Lipinski definition) is 1. The Balaban J connectivity index is 1.75. The Bertz CT molecular complexity index is 440. The van der Waals surface area contributed by atoms with Gasteiger partial charge in [0.15, 0.2) is 0 Å². The van der Waals surface area contributed by atoms with Gasteiger partial charge in [0.2, 0.25) is 0 Å². The van der Waals surface area contributed by atoms with Crippen molar-refractivity contribution >= 4 is 33.2 Å². The van der Waals surface area contributed by atoms with E-state index in [9.17, 15) is 0 Å². The van der Waals surface area contributed by atoms with Gasteiger partial charge in [-0.2, -0.15) is 0 Å². The second-order valence-corrected chi connectivity index (χ2v) is 6.96. The molecular weight excluding hydrogens is 310 g/mol. The molecule has 1 aromatic carbocycles. The zero-order chi connectivity index (χ0) is 12.6. The highest BCUT2D eigenvalue weighted by atomic mass is 79.9. The molecule has 2 fully saturated rings. The molecule has 1 aromatic rings. The quantitative estimate of drug-likeness (QED) is 0.742. The lowest BCUT2D eigenvalue weighted by Gasteiger charge is -2.52. The molecule has 0 aliphatic heterocycles. The summed E-state index contributed by atoms with van der Waals surface area (Å²) in [4.78, 5) is 0. The predicted molar refractivity (Wildman–Crippen MR) is 81.3 cm³/mol. The van der Waals surface area contributed by atoms with E-state index >= 15 is 0 Å². The van der Waals surface area contributed by atoms with Gasteiger partial charge >= 0.3 is 0 Å². The number of rotatable bonds is 2. The molecule has 2 aliphatic rings. The fourth-order valence-corrected chi connectivity index (χ4v) is 4.13. The largest absolute Gasteiger partial charge is 0.381 e. The molecule has 3 heteroatoms. The first-order valence-electron chi connectivity index (χ1n) is 6.92. The zero-order valence-corrected chi connectivity index (χ0v) is 12.9. The van der Waals surface area contributed by atoms with Crippen LogP contribution in [0.1, 0.15) is 44.9 Å². The minimum atomic E-state index is 0.583. The molecule has 2 saturated carbocycles. The van der Waals surface area contributed by atoms with E-state index in [1.165, 1.54) is 44.9 Å². The molecule has 0 saturated heterocycles. The van der Waals surface area contributed by atoms with Crippen LogP contribution in [0.5, 0.6) is 0 Å². The van der Waals surface area contributed by atoms with Crippen molar-refractivity contribution in [3.63, 3.8) is 0 Å². The summed E-state index contributed by atoms with van der Waals surface area (Å²) in [5.74, 6) is 0. The van der Waals surface area contributed by atoms with E-state index < -0.39 is 0 Å². The minimum Gasteiger partial charge on any atom is -0.381 e. The van der Waals surface area contributed by atoms with E-state index in [0.717, 1.165) is 15.2 Å². The van der Waals surface area contributed by atoms with Crippen molar-refractivity contribution in [2.75, 3.05) is 5.32 Å². The van der Waals surface area contributed by atoms with Gasteiger partial charge in [0.1, 0.15) is 0 Å². The van der Waals surface area contributed by atoms with E-state index in [1.54, 1.807) is 0 Å². The molecule has 0 heterocycles. The summed E-state index contributed by atoms with van der Waals surface area (Å²) in [6.45, 7) is 0. The van der Waals surface area contributed by atoms with Crippen LogP contribution in [-0.2, 0) is 0 Å². The second-order valence-electron chi connectivity index (χ2n) is 5.76. The van der Waals surface area contributed by atoms with Crippen LogP contribution in [0.4, 0.5) is 5.69 Å². The van der Waals surface area contributed by atoms with Gasteiger partial charge in [0.05, 0.1) is 15.2 Å². The van der Waals surface area contributed by atoms with Gasteiger partial charge in [0, 0.05) is 6.04 Å². The molecule has 0 radical (unpaired) electrons. The van der Waals surface area contributed by atoms with Crippen LogP contribution in [0.25, 0.3) is 0 Å². The van der Waals surface area contributed by atoms with Crippen LogP contribution >= 0.6 is 27.5 Å². The zero-order valence-electron chi connectivity index (χ0n) is 10.5. The average molecular weight is 329 g/mol. The predicted octanol–water partition coefficient (Wildman–Crippen LogP) is 5.63. The lowest BCUT2D eigenvalue weighted by atomic mass is 9.57. The molecule has 98 valence electrons. The molecular formula is C15H19BrClN. The summed E-state index contributed by atoms with van der Waals surface area (Å²) in [6, 6.07) is 6.70. The van der Waals surface area contributed by atoms with E-state index in [-0.39, 0.29) is 0 Å². The maximum absolute atomic E-state index is 6.15. The van der Waals surface area contributed by atoms with Crippen LogP contribution in [-0.4, -0.2) is 6.04 Å². The summed E-state index contributed by atoms with van der Waals surface area (Å²) in [5, 5.41) is 4.51. The van der Waals surface area contributed by atoms with Crippen molar-refractivity contribution in [2.45, 2.75) is 51.0 Å². The number of halogens is 2. The number of anilines is 1. The third kappa shape index (κ3) is 2.18. The molecule has 0 bridgehead atoms. The van der Waals surface area contributed by atoms with Gasteiger partial charge in [-0.3, -0.25) is 0 Å². The van der Waals surface area contributed by atoms with Crippen molar-refractivity contribution < 1.29 is 0 Å². The van der Waals surface area contributed by atoms with Crippen molar-refractivity contribution in [1.82, 2.24) is 0 Å². The monoisotopic (exact) mass is 327 g/mol. The highest BCUT2D eigenvalue weighted by Gasteiger charge is 2.46. The molecule has 2 aliphatic carbocycles. The third-order valence-corrected chi connectivity index (χ3v) is 6.20. The summed E-state index contributed by atoms with van der Waals surface area (Å²) >= 11 is 9.73. The number of nitrogens with one attached hydrogen (secondary N) is 1. The Hall–Kier alpha value is -0.210. The lowest BCUT2D eigenvalue weighted by Crippen LogP contribution is -2.50. The summed E-state index contributed by atoms with van der Waals surface area (Å²) in [7, 11) is 0. The van der Waals surface area contributed by atoms with Crippen molar-refractivity contribution in [2.24, 2.45) is 5.41 Å². The van der Waals surface area contributed by atoms with Gasteiger partial charge < -0.3 is 5.32 Å². The molecule has 1 atom stereocenters. The summed E-state index contributed by atoms with van der Waals surface area (Å²) in [5.41, 5.74) is 1.73. The maximum Gasteiger partial charge on any atom is 0.0593 e. The van der Waals surface area contributed by atoms with Gasteiger partial charge in [-0.25, -0.2) is 0 Å². The Labute approximate surface area is 122 Å². The first-order valence-corrected chi connectivity index (χ1v) is 8.09. The van der Waals surface area contributed by atoms with Crippen LogP contribution in [0.15, 0.2) is 22.7 Å². The van der Waals surface area contributed by atoms with Gasteiger partial charge in [-0.1, -0.05) is 36.9 Å². The molecule has 0 aromatic heterocycles. The maximum atomic E-state index is 6.15. The molecule has 1 spiro atoms. The molecule has 3 rings (SSSR count). The lowest BCUT2D eigenvalue weighted by molar-refractivity contribution is 0.0571. The molecule has 18 heavy (non-hydrogen) atoms. The second kappa shape index (κ2) is 5.05. The van der Waals surface area contributed by atoms with Crippen LogP contribution in [0, 0.1) is 5.41 Å². The smallest absolute Gasteiger partial charge is 0.0593 e. The van der Waals surface area contributed by atoms with Crippen molar-refractivity contribution in [3.8, 4) is 0 Å². The number of hydrogen-bond donors (Lipinski definition) is 1. The van der Waals surface area contributed by atoms with Gasteiger partial charge in [-0.05, 0) is 59.2 Å². The highest BCUT2D eigenvalue weighted by molar-refractivity contribution is 9.10. The topological polar surface area (TPSA) is 12.0 Å². The first-order chi connectivity index (χ1) is 8.71. The fourth-order valence-electron chi connectivity index (χ4n) is 3.58. The van der Waals surface area contributed by atoms with E-state index in [4.69, 9.17) is 11.6 Å². The van der Waals surface area contributed by atoms with Crippen LogP contribution < -0.4 is 5.32 Å². The summed E-state index contributed by atoms with van der Waals surface area (Å²) < 4.78 is 1.00.